The summed E-state index contributed by atoms with van der Waals surface area (Å²) in [5.41, 5.74) is 7.40. The van der Waals surface area contributed by atoms with Crippen molar-refractivity contribution in [2.24, 2.45) is 4.99 Å². The number of hydrogen-bond acceptors (Lipinski definition) is 1. The molecule has 0 radical (unpaired) electrons. The highest BCUT2D eigenvalue weighted by molar-refractivity contribution is 6.16. The minimum absolute atomic E-state index is 0.705. The minimum atomic E-state index is 0.705. The number of fused-ring (bicyclic) bond motifs is 1. The zero-order valence-corrected chi connectivity index (χ0v) is 16.9. The Hall–Kier alpha value is -2.15. The van der Waals surface area contributed by atoms with Crippen molar-refractivity contribution >= 4 is 11.3 Å². The van der Waals surface area contributed by atoms with Crippen LogP contribution >= 0.6 is 0 Å². The molecule has 26 heavy (non-hydrogen) atoms. The molecule has 1 saturated carbocycles. The molecular formula is C25H33N. The molecule has 0 amide bonds. The molecule has 0 bridgehead atoms. The largest absolute Gasteiger partial charge is 0.279 e. The second-order valence-electron chi connectivity index (χ2n) is 6.42. The highest BCUT2D eigenvalue weighted by Gasteiger charge is 2.19. The molecule has 0 saturated heterocycles. The van der Waals surface area contributed by atoms with Crippen LogP contribution in [0.25, 0.3) is 5.57 Å². The van der Waals surface area contributed by atoms with Gasteiger partial charge in [-0.15, -0.1) is 0 Å². The summed E-state index contributed by atoms with van der Waals surface area (Å²) in [4.78, 5) is 4.77. The first-order valence-electron chi connectivity index (χ1n) is 10.3. The van der Waals surface area contributed by atoms with Crippen LogP contribution in [0.5, 0.6) is 0 Å². The van der Waals surface area contributed by atoms with E-state index in [4.69, 9.17) is 4.99 Å². The van der Waals surface area contributed by atoms with Gasteiger partial charge in [0, 0.05) is 11.1 Å². The van der Waals surface area contributed by atoms with Gasteiger partial charge in [0.05, 0.1) is 12.3 Å². The van der Waals surface area contributed by atoms with Gasteiger partial charge in [0.2, 0.25) is 0 Å². The van der Waals surface area contributed by atoms with E-state index >= 15 is 0 Å². The lowest BCUT2D eigenvalue weighted by atomic mass is 9.90. The maximum absolute atomic E-state index is 4.77. The van der Waals surface area contributed by atoms with Crippen molar-refractivity contribution in [3.63, 3.8) is 0 Å². The molecule has 1 aliphatic carbocycles. The van der Waals surface area contributed by atoms with Crippen LogP contribution < -0.4 is 0 Å². The summed E-state index contributed by atoms with van der Waals surface area (Å²) in [5, 5.41) is 0. The molecule has 1 heterocycles. The van der Waals surface area contributed by atoms with Crippen molar-refractivity contribution in [2.75, 3.05) is 6.54 Å². The van der Waals surface area contributed by atoms with Crippen LogP contribution in [0.3, 0.4) is 0 Å². The van der Waals surface area contributed by atoms with E-state index in [0.29, 0.717) is 6.54 Å². The molecule has 4 rings (SSSR count). The standard InChI is InChI=1S/C21H21N.2C2H6/c1-15-14-22-21(20-9-5-4-8-19(15)20)18-12-10-17(11-13-18)16-6-2-3-7-16;2*1-2/h4-5,8-13,16H,1-3,6-7,14H2;2*1-2H3. The highest BCUT2D eigenvalue weighted by atomic mass is 14.8. The van der Waals surface area contributed by atoms with Crippen molar-refractivity contribution in [1.29, 1.82) is 0 Å². The van der Waals surface area contributed by atoms with Gasteiger partial charge in [-0.2, -0.15) is 0 Å². The Labute approximate surface area is 159 Å². The molecular weight excluding hydrogens is 314 g/mol. The van der Waals surface area contributed by atoms with Crippen LogP contribution in [0, 0.1) is 0 Å². The molecule has 0 N–H and O–H groups in total. The van der Waals surface area contributed by atoms with Crippen LogP contribution in [-0.2, 0) is 0 Å². The average molecular weight is 348 g/mol. The van der Waals surface area contributed by atoms with Gasteiger partial charge in [-0.3, -0.25) is 4.99 Å². The minimum Gasteiger partial charge on any atom is -0.279 e. The molecule has 138 valence electrons. The van der Waals surface area contributed by atoms with Crippen LogP contribution in [0.4, 0.5) is 0 Å². The van der Waals surface area contributed by atoms with Crippen molar-refractivity contribution < 1.29 is 0 Å². The lowest BCUT2D eigenvalue weighted by Gasteiger charge is -2.19. The lowest BCUT2D eigenvalue weighted by molar-refractivity contribution is 0.723. The molecule has 0 unspecified atom stereocenters. The van der Waals surface area contributed by atoms with Crippen molar-refractivity contribution in [1.82, 2.24) is 0 Å². The Balaban J connectivity index is 0.000000570. The number of benzene rings is 2. The maximum atomic E-state index is 4.77. The van der Waals surface area contributed by atoms with E-state index in [1.54, 1.807) is 0 Å². The number of aliphatic imine (C=N–C) groups is 1. The van der Waals surface area contributed by atoms with Crippen LogP contribution in [0.1, 0.15) is 81.5 Å². The predicted octanol–water partition coefficient (Wildman–Crippen LogP) is 7.26. The molecule has 0 aromatic heterocycles. The molecule has 1 heteroatoms. The summed E-state index contributed by atoms with van der Waals surface area (Å²) in [5.74, 6) is 0.773. The Bertz CT molecular complexity index is 731. The maximum Gasteiger partial charge on any atom is 0.0729 e. The normalized spacial score (nSPS) is 15.8. The van der Waals surface area contributed by atoms with E-state index in [-0.39, 0.29) is 0 Å². The Morgan fingerprint density at radius 3 is 2.00 bits per heavy atom. The molecule has 2 aromatic rings. The number of rotatable bonds is 2. The molecule has 0 atom stereocenters. The summed E-state index contributed by atoms with van der Waals surface area (Å²) in [7, 11) is 0. The first-order valence-corrected chi connectivity index (χ1v) is 10.3. The smallest absolute Gasteiger partial charge is 0.0729 e. The fourth-order valence-corrected chi connectivity index (χ4v) is 3.76. The molecule has 2 aromatic carbocycles. The summed E-state index contributed by atoms with van der Waals surface area (Å²) in [6, 6.07) is 17.6. The average Bonchev–Trinajstić information content (AvgIpc) is 3.27. The van der Waals surface area contributed by atoms with E-state index in [0.717, 1.165) is 17.2 Å². The third-order valence-corrected chi connectivity index (χ3v) is 5.00. The number of nitrogens with zero attached hydrogens (tertiary/aromatic N) is 1. The van der Waals surface area contributed by atoms with Crippen LogP contribution in [0.2, 0.25) is 0 Å². The van der Waals surface area contributed by atoms with Gasteiger partial charge in [0.1, 0.15) is 0 Å². The van der Waals surface area contributed by atoms with Gasteiger partial charge in [0.25, 0.3) is 0 Å². The topological polar surface area (TPSA) is 12.4 Å². The summed E-state index contributed by atoms with van der Waals surface area (Å²) in [6.07, 6.45) is 5.47. The Kier molecular flexibility index (Phi) is 7.84. The first kappa shape index (κ1) is 20.2. The monoisotopic (exact) mass is 347 g/mol. The Morgan fingerprint density at radius 1 is 0.808 bits per heavy atom. The second kappa shape index (κ2) is 10.1. The highest BCUT2D eigenvalue weighted by Crippen LogP contribution is 2.34. The third-order valence-electron chi connectivity index (χ3n) is 5.00. The molecule has 1 aliphatic heterocycles. The summed E-state index contributed by atoms with van der Waals surface area (Å²) < 4.78 is 0. The molecule has 0 spiro atoms. The molecule has 1 nitrogen and oxygen atoms in total. The first-order chi connectivity index (χ1) is 12.8. The van der Waals surface area contributed by atoms with Crippen molar-refractivity contribution in [3.8, 4) is 0 Å². The molecule has 2 aliphatic rings. The van der Waals surface area contributed by atoms with Gasteiger partial charge < -0.3 is 0 Å². The van der Waals surface area contributed by atoms with Crippen LogP contribution in [0.15, 0.2) is 60.1 Å². The third kappa shape index (κ3) is 4.33. The fraction of sp³-hybridized carbons (Fsp3) is 0.400. The van der Waals surface area contributed by atoms with E-state index in [1.165, 1.54) is 47.9 Å². The van der Waals surface area contributed by atoms with Crippen molar-refractivity contribution in [3.05, 3.63) is 77.4 Å². The van der Waals surface area contributed by atoms with E-state index in [2.05, 4.69) is 55.1 Å². The Morgan fingerprint density at radius 2 is 1.38 bits per heavy atom. The van der Waals surface area contributed by atoms with Gasteiger partial charge in [-0.25, -0.2) is 0 Å². The SMILES string of the molecule is C=C1CN=C(c2ccc(C3CCCC3)cc2)c2ccccc21.CC.CC. The van der Waals surface area contributed by atoms with E-state index in [9.17, 15) is 0 Å². The zero-order chi connectivity index (χ0) is 18.9. The second-order valence-corrected chi connectivity index (χ2v) is 6.42. The number of hydrogen-bond donors (Lipinski definition) is 0. The summed E-state index contributed by atoms with van der Waals surface area (Å²) in [6.45, 7) is 12.8. The summed E-state index contributed by atoms with van der Waals surface area (Å²) >= 11 is 0. The van der Waals surface area contributed by atoms with Gasteiger partial charge in [-0.1, -0.05) is 95.6 Å². The van der Waals surface area contributed by atoms with Crippen molar-refractivity contribution in [2.45, 2.75) is 59.3 Å². The van der Waals surface area contributed by atoms with E-state index in [1.807, 2.05) is 27.7 Å². The lowest BCUT2D eigenvalue weighted by Crippen LogP contribution is -2.13. The van der Waals surface area contributed by atoms with E-state index < -0.39 is 0 Å². The van der Waals surface area contributed by atoms with Crippen LogP contribution in [-0.4, -0.2) is 12.3 Å². The van der Waals surface area contributed by atoms with Gasteiger partial charge in [0.15, 0.2) is 0 Å². The van der Waals surface area contributed by atoms with Gasteiger partial charge in [-0.05, 0) is 35.5 Å². The fourth-order valence-electron chi connectivity index (χ4n) is 3.76. The van der Waals surface area contributed by atoms with Gasteiger partial charge >= 0.3 is 0 Å². The predicted molar refractivity (Wildman–Crippen MR) is 116 cm³/mol. The molecule has 1 fully saturated rings. The quantitative estimate of drug-likeness (QED) is 0.542. The zero-order valence-electron chi connectivity index (χ0n) is 16.9.